The van der Waals surface area contributed by atoms with E-state index in [2.05, 4.69) is 36.2 Å². The Morgan fingerprint density at radius 2 is 2.37 bits per heavy atom. The zero-order valence-electron chi connectivity index (χ0n) is 9.71. The summed E-state index contributed by atoms with van der Waals surface area (Å²) in [6.45, 7) is 0.381. The smallest absolute Gasteiger partial charge is 0.268 e. The number of rotatable bonds is 4. The molecule has 0 saturated carbocycles. The number of nitrogens with zero attached hydrogens (tertiary/aromatic N) is 1. The molecular formula is C11H11BrClN5O. The van der Waals surface area contributed by atoms with Crippen molar-refractivity contribution in [2.75, 3.05) is 12.3 Å². The Labute approximate surface area is 122 Å². The summed E-state index contributed by atoms with van der Waals surface area (Å²) in [5, 5.41) is 3.18. The Kier molecular flexibility index (Phi) is 4.28. The van der Waals surface area contributed by atoms with Gasteiger partial charge in [-0.15, -0.1) is 0 Å². The average Bonchev–Trinajstić information content (AvgIpc) is 2.92. The molecule has 2 aromatic rings. The van der Waals surface area contributed by atoms with Crippen molar-refractivity contribution in [2.24, 2.45) is 0 Å². The molecule has 2 rings (SSSR count). The number of carbonyl (C=O) groups excluding carboxylic acids is 1. The van der Waals surface area contributed by atoms with Gasteiger partial charge in [0.25, 0.3) is 5.91 Å². The van der Waals surface area contributed by atoms with Crippen LogP contribution in [0.15, 0.2) is 22.9 Å². The maximum absolute atomic E-state index is 11.7. The Bertz CT molecular complexity index is 599. The van der Waals surface area contributed by atoms with Crippen LogP contribution in [0.4, 0.5) is 5.95 Å². The predicted molar refractivity (Wildman–Crippen MR) is 77.9 cm³/mol. The number of anilines is 1. The van der Waals surface area contributed by atoms with Gasteiger partial charge in [-0.2, -0.15) is 0 Å². The number of carbonyl (C=O) groups is 1. The van der Waals surface area contributed by atoms with Crippen LogP contribution in [0, 0.1) is 0 Å². The highest BCUT2D eigenvalue weighted by molar-refractivity contribution is 9.10. The van der Waals surface area contributed by atoms with Crippen molar-refractivity contribution in [1.82, 2.24) is 20.3 Å². The first-order valence-corrected chi connectivity index (χ1v) is 6.52. The lowest BCUT2D eigenvalue weighted by molar-refractivity contribution is 0.0953. The van der Waals surface area contributed by atoms with Crippen molar-refractivity contribution < 1.29 is 4.79 Å². The Morgan fingerprint density at radius 1 is 1.58 bits per heavy atom. The van der Waals surface area contributed by atoms with Gasteiger partial charge >= 0.3 is 0 Å². The number of nitrogens with two attached hydrogens (primary N) is 1. The SMILES string of the molecule is Nc1ncc(/C=C/CNC(=O)c2cc(Cl)c(Br)[nH]2)[nH]1. The van der Waals surface area contributed by atoms with Crippen LogP contribution >= 0.6 is 27.5 Å². The second kappa shape index (κ2) is 5.94. The molecular weight excluding hydrogens is 334 g/mol. The van der Waals surface area contributed by atoms with Crippen LogP contribution in [0.5, 0.6) is 0 Å². The largest absolute Gasteiger partial charge is 0.369 e. The molecule has 0 aliphatic carbocycles. The summed E-state index contributed by atoms with van der Waals surface area (Å²) in [5.74, 6) is 0.121. The van der Waals surface area contributed by atoms with Crippen LogP contribution in [-0.4, -0.2) is 27.4 Å². The van der Waals surface area contributed by atoms with E-state index in [0.717, 1.165) is 5.69 Å². The van der Waals surface area contributed by atoms with Gasteiger partial charge in [0.05, 0.1) is 16.9 Å². The number of H-pyrrole nitrogens is 2. The average molecular weight is 345 g/mol. The Hall–Kier alpha value is -1.73. The second-order valence-corrected chi connectivity index (χ2v) is 4.88. The van der Waals surface area contributed by atoms with Gasteiger partial charge in [0.2, 0.25) is 0 Å². The minimum Gasteiger partial charge on any atom is -0.369 e. The number of nitrogen functional groups attached to an aromatic ring is 1. The van der Waals surface area contributed by atoms with Crippen LogP contribution in [-0.2, 0) is 0 Å². The quantitative estimate of drug-likeness (QED) is 0.684. The van der Waals surface area contributed by atoms with E-state index in [0.29, 0.717) is 27.8 Å². The maximum atomic E-state index is 11.7. The van der Waals surface area contributed by atoms with E-state index in [-0.39, 0.29) is 5.91 Å². The minimum atomic E-state index is -0.235. The summed E-state index contributed by atoms with van der Waals surface area (Å²) in [6.07, 6.45) is 5.17. The number of aromatic nitrogens is 3. The number of halogens is 2. The molecule has 0 unspecified atom stereocenters. The number of nitrogens with one attached hydrogen (secondary N) is 3. The van der Waals surface area contributed by atoms with Gasteiger partial charge in [-0.25, -0.2) is 4.98 Å². The van der Waals surface area contributed by atoms with E-state index in [9.17, 15) is 4.79 Å². The van der Waals surface area contributed by atoms with Crippen LogP contribution in [0.3, 0.4) is 0 Å². The number of imidazole rings is 1. The highest BCUT2D eigenvalue weighted by Crippen LogP contribution is 2.22. The maximum Gasteiger partial charge on any atom is 0.268 e. The first-order chi connectivity index (χ1) is 9.06. The second-order valence-electron chi connectivity index (χ2n) is 3.68. The van der Waals surface area contributed by atoms with Crippen LogP contribution in [0.2, 0.25) is 5.02 Å². The fraction of sp³-hybridized carbons (Fsp3) is 0.0909. The predicted octanol–water partition coefficient (Wildman–Crippen LogP) is 2.18. The first kappa shape index (κ1) is 13.7. The van der Waals surface area contributed by atoms with E-state index in [1.165, 1.54) is 0 Å². The van der Waals surface area contributed by atoms with Crippen LogP contribution < -0.4 is 11.1 Å². The summed E-state index contributed by atoms with van der Waals surface area (Å²) < 4.78 is 0.586. The lowest BCUT2D eigenvalue weighted by Crippen LogP contribution is -2.23. The molecule has 0 aliphatic heterocycles. The molecule has 0 bridgehead atoms. The van der Waals surface area contributed by atoms with Gasteiger partial charge in [0.1, 0.15) is 10.3 Å². The summed E-state index contributed by atoms with van der Waals surface area (Å²) in [7, 11) is 0. The molecule has 0 saturated heterocycles. The lowest BCUT2D eigenvalue weighted by atomic mass is 10.3. The van der Waals surface area contributed by atoms with Gasteiger partial charge in [-0.1, -0.05) is 17.7 Å². The van der Waals surface area contributed by atoms with E-state index in [1.807, 2.05) is 0 Å². The zero-order valence-corrected chi connectivity index (χ0v) is 12.0. The van der Waals surface area contributed by atoms with Crippen molar-refractivity contribution in [2.45, 2.75) is 0 Å². The van der Waals surface area contributed by atoms with Gasteiger partial charge in [0, 0.05) is 6.54 Å². The molecule has 0 fully saturated rings. The lowest BCUT2D eigenvalue weighted by Gasteiger charge is -1.98. The molecule has 8 heteroatoms. The fourth-order valence-electron chi connectivity index (χ4n) is 1.40. The molecule has 5 N–H and O–H groups in total. The standard InChI is InChI=1S/C11H11BrClN5O/c12-9-7(13)4-8(18-9)10(19)15-3-1-2-6-5-16-11(14)17-6/h1-2,4-5,18H,3H2,(H,15,19)(H3,14,16,17)/b2-1+. The molecule has 100 valence electrons. The third-order valence-corrected chi connectivity index (χ3v) is 3.41. The summed E-state index contributed by atoms with van der Waals surface area (Å²) in [4.78, 5) is 21.2. The van der Waals surface area contributed by atoms with Gasteiger partial charge in [0.15, 0.2) is 5.95 Å². The Morgan fingerprint density at radius 3 is 2.95 bits per heavy atom. The normalized spacial score (nSPS) is 11.1. The molecule has 6 nitrogen and oxygen atoms in total. The summed E-state index contributed by atoms with van der Waals surface area (Å²) >= 11 is 9.02. The van der Waals surface area contributed by atoms with E-state index in [4.69, 9.17) is 17.3 Å². The van der Waals surface area contributed by atoms with Crippen LogP contribution in [0.1, 0.15) is 16.2 Å². The van der Waals surface area contributed by atoms with Crippen LogP contribution in [0.25, 0.3) is 6.08 Å². The topological polar surface area (TPSA) is 99.6 Å². The van der Waals surface area contributed by atoms with E-state index >= 15 is 0 Å². The fourth-order valence-corrected chi connectivity index (χ4v) is 1.88. The molecule has 2 aromatic heterocycles. The number of hydrogen-bond acceptors (Lipinski definition) is 3. The summed E-state index contributed by atoms with van der Waals surface area (Å²) in [5.41, 5.74) is 6.61. The highest BCUT2D eigenvalue weighted by Gasteiger charge is 2.09. The van der Waals surface area contributed by atoms with Crippen molar-refractivity contribution >= 4 is 45.5 Å². The molecule has 0 radical (unpaired) electrons. The van der Waals surface area contributed by atoms with Gasteiger partial charge < -0.3 is 21.0 Å². The van der Waals surface area contributed by atoms with Crippen molar-refractivity contribution in [3.8, 4) is 0 Å². The third-order valence-electron chi connectivity index (χ3n) is 2.26. The molecule has 0 aliphatic rings. The Balaban J connectivity index is 1.85. The highest BCUT2D eigenvalue weighted by atomic mass is 79.9. The zero-order chi connectivity index (χ0) is 13.8. The number of hydrogen-bond donors (Lipinski definition) is 4. The van der Waals surface area contributed by atoms with Crippen molar-refractivity contribution in [3.05, 3.63) is 39.4 Å². The van der Waals surface area contributed by atoms with Gasteiger partial charge in [-0.3, -0.25) is 4.79 Å². The summed E-state index contributed by atoms with van der Waals surface area (Å²) in [6, 6.07) is 1.56. The molecule has 0 spiro atoms. The van der Waals surface area contributed by atoms with Crippen molar-refractivity contribution in [3.63, 3.8) is 0 Å². The first-order valence-electron chi connectivity index (χ1n) is 5.35. The molecule has 1 amide bonds. The van der Waals surface area contributed by atoms with Gasteiger partial charge in [-0.05, 0) is 28.1 Å². The third kappa shape index (κ3) is 3.62. The minimum absolute atomic E-state index is 0.235. The molecule has 2 heterocycles. The number of amides is 1. The molecule has 19 heavy (non-hydrogen) atoms. The van der Waals surface area contributed by atoms with E-state index < -0.39 is 0 Å². The molecule has 0 aromatic carbocycles. The number of aromatic amines is 2. The van der Waals surface area contributed by atoms with E-state index in [1.54, 1.807) is 24.4 Å². The van der Waals surface area contributed by atoms with Crippen molar-refractivity contribution in [1.29, 1.82) is 0 Å². The molecule has 0 atom stereocenters. The monoisotopic (exact) mass is 343 g/mol.